The standard InChI is InChI=1S/C17H18ClN5O/c1-12(2)23(10-13-9-19-11-22-13)14-4-5-16(15(18)8-14)24-17-20-6-3-7-21-17/h3-9,11-12H,10H2,1-2H3,(H,19,22). The molecule has 0 aliphatic heterocycles. The van der Waals surface area contributed by atoms with Gasteiger partial charge in [-0.05, 0) is 38.1 Å². The van der Waals surface area contributed by atoms with Gasteiger partial charge in [0.25, 0.3) is 0 Å². The van der Waals surface area contributed by atoms with Gasteiger partial charge in [-0.15, -0.1) is 0 Å². The minimum atomic E-state index is 0.268. The maximum atomic E-state index is 6.38. The molecule has 0 radical (unpaired) electrons. The van der Waals surface area contributed by atoms with Crippen LogP contribution < -0.4 is 9.64 Å². The first kappa shape index (κ1) is 16.3. The molecular weight excluding hydrogens is 326 g/mol. The number of hydrogen-bond acceptors (Lipinski definition) is 5. The Morgan fingerprint density at radius 1 is 1.21 bits per heavy atom. The summed E-state index contributed by atoms with van der Waals surface area (Å²) in [7, 11) is 0. The predicted molar refractivity (Wildman–Crippen MR) is 93.5 cm³/mol. The number of aromatic amines is 1. The first-order valence-electron chi connectivity index (χ1n) is 7.62. The molecule has 2 aromatic heterocycles. The summed E-state index contributed by atoms with van der Waals surface area (Å²) in [5.41, 5.74) is 1.97. The van der Waals surface area contributed by atoms with Gasteiger partial charge in [0.05, 0.1) is 23.6 Å². The zero-order valence-corrected chi connectivity index (χ0v) is 14.2. The van der Waals surface area contributed by atoms with Crippen LogP contribution in [-0.4, -0.2) is 26.0 Å². The zero-order chi connectivity index (χ0) is 16.9. The van der Waals surface area contributed by atoms with E-state index in [0.717, 1.165) is 11.4 Å². The third-order valence-corrected chi connectivity index (χ3v) is 3.80. The Bertz CT molecular complexity index is 777. The van der Waals surface area contributed by atoms with Gasteiger partial charge in [0.2, 0.25) is 0 Å². The second-order valence-corrected chi connectivity index (χ2v) is 5.94. The Kier molecular flexibility index (Phi) is 4.96. The molecule has 0 saturated carbocycles. The smallest absolute Gasteiger partial charge is 0.321 e. The number of rotatable bonds is 6. The van der Waals surface area contributed by atoms with Crippen LogP contribution in [0.3, 0.4) is 0 Å². The molecule has 0 fully saturated rings. The van der Waals surface area contributed by atoms with Gasteiger partial charge >= 0.3 is 6.01 Å². The second-order valence-electron chi connectivity index (χ2n) is 5.53. The normalized spacial score (nSPS) is 10.8. The molecule has 3 rings (SSSR count). The lowest BCUT2D eigenvalue weighted by Gasteiger charge is -2.28. The van der Waals surface area contributed by atoms with Crippen molar-refractivity contribution in [2.45, 2.75) is 26.4 Å². The molecule has 0 atom stereocenters. The van der Waals surface area contributed by atoms with E-state index in [-0.39, 0.29) is 6.01 Å². The second kappa shape index (κ2) is 7.31. The minimum absolute atomic E-state index is 0.268. The van der Waals surface area contributed by atoms with Crippen LogP contribution in [0.15, 0.2) is 49.2 Å². The van der Waals surface area contributed by atoms with E-state index in [1.165, 1.54) is 0 Å². The highest BCUT2D eigenvalue weighted by Gasteiger charge is 2.15. The summed E-state index contributed by atoms with van der Waals surface area (Å²) in [5.74, 6) is 0.523. The molecule has 0 aliphatic rings. The molecule has 0 unspecified atom stereocenters. The lowest BCUT2D eigenvalue weighted by Crippen LogP contribution is -2.30. The van der Waals surface area contributed by atoms with Crippen LogP contribution >= 0.6 is 11.6 Å². The summed E-state index contributed by atoms with van der Waals surface area (Å²) in [6, 6.07) is 7.97. The Balaban J connectivity index is 1.81. The van der Waals surface area contributed by atoms with Crippen LogP contribution in [0.25, 0.3) is 0 Å². The van der Waals surface area contributed by atoms with E-state index in [0.29, 0.717) is 23.4 Å². The molecule has 0 aliphatic carbocycles. The maximum absolute atomic E-state index is 6.38. The molecule has 0 bridgehead atoms. The van der Waals surface area contributed by atoms with Crippen molar-refractivity contribution in [2.24, 2.45) is 0 Å². The number of anilines is 1. The molecule has 24 heavy (non-hydrogen) atoms. The van der Waals surface area contributed by atoms with Crippen LogP contribution in [-0.2, 0) is 6.54 Å². The first-order chi connectivity index (χ1) is 11.6. The number of halogens is 1. The van der Waals surface area contributed by atoms with Crippen LogP contribution in [0.2, 0.25) is 5.02 Å². The molecule has 0 amide bonds. The van der Waals surface area contributed by atoms with Crippen molar-refractivity contribution >= 4 is 17.3 Å². The highest BCUT2D eigenvalue weighted by Crippen LogP contribution is 2.32. The predicted octanol–water partition coefficient (Wildman–Crippen LogP) is 4.06. The molecule has 7 heteroatoms. The monoisotopic (exact) mass is 343 g/mol. The van der Waals surface area contributed by atoms with Crippen LogP contribution in [0.4, 0.5) is 5.69 Å². The lowest BCUT2D eigenvalue weighted by molar-refractivity contribution is 0.442. The van der Waals surface area contributed by atoms with Gasteiger partial charge < -0.3 is 14.6 Å². The Morgan fingerprint density at radius 3 is 2.62 bits per heavy atom. The Hall–Kier alpha value is -2.60. The molecule has 2 heterocycles. The van der Waals surface area contributed by atoms with E-state index < -0.39 is 0 Å². The van der Waals surface area contributed by atoms with Gasteiger partial charge in [0, 0.05) is 30.3 Å². The first-order valence-corrected chi connectivity index (χ1v) is 8.00. The number of nitrogens with zero attached hydrogens (tertiary/aromatic N) is 4. The highest BCUT2D eigenvalue weighted by atomic mass is 35.5. The Labute approximate surface area is 145 Å². The largest absolute Gasteiger partial charge is 0.423 e. The topological polar surface area (TPSA) is 66.9 Å². The fourth-order valence-corrected chi connectivity index (χ4v) is 2.52. The SMILES string of the molecule is CC(C)N(Cc1c[nH]cn1)c1ccc(Oc2ncccn2)c(Cl)c1. The van der Waals surface area contributed by atoms with E-state index in [4.69, 9.17) is 16.3 Å². The molecule has 6 nitrogen and oxygen atoms in total. The average molecular weight is 344 g/mol. The van der Waals surface area contributed by atoms with E-state index in [1.807, 2.05) is 24.4 Å². The molecule has 124 valence electrons. The fourth-order valence-electron chi connectivity index (χ4n) is 2.31. The molecule has 1 N–H and O–H groups in total. The third kappa shape index (κ3) is 3.83. The van der Waals surface area contributed by atoms with Crippen molar-refractivity contribution in [2.75, 3.05) is 4.90 Å². The van der Waals surface area contributed by atoms with Crippen LogP contribution in [0.5, 0.6) is 11.8 Å². The Morgan fingerprint density at radius 2 is 2.00 bits per heavy atom. The number of nitrogens with one attached hydrogen (secondary N) is 1. The van der Waals surface area contributed by atoms with Crippen molar-refractivity contribution in [3.05, 3.63) is 59.9 Å². The molecule has 0 saturated heterocycles. The van der Waals surface area contributed by atoms with Gasteiger partial charge in [-0.1, -0.05) is 11.6 Å². The van der Waals surface area contributed by atoms with E-state index >= 15 is 0 Å². The van der Waals surface area contributed by atoms with E-state index in [2.05, 4.69) is 38.7 Å². The summed E-state index contributed by atoms with van der Waals surface area (Å²) in [4.78, 5) is 17.6. The van der Waals surface area contributed by atoms with Crippen molar-refractivity contribution < 1.29 is 4.74 Å². The number of benzene rings is 1. The van der Waals surface area contributed by atoms with Crippen molar-refractivity contribution in [1.29, 1.82) is 0 Å². The molecule has 0 spiro atoms. The van der Waals surface area contributed by atoms with Crippen LogP contribution in [0, 0.1) is 0 Å². The molecular formula is C17H18ClN5O. The fraction of sp³-hybridized carbons (Fsp3) is 0.235. The van der Waals surface area contributed by atoms with Crippen molar-refractivity contribution in [3.8, 4) is 11.8 Å². The average Bonchev–Trinajstić information content (AvgIpc) is 3.08. The zero-order valence-electron chi connectivity index (χ0n) is 13.5. The van der Waals surface area contributed by atoms with E-state index in [1.54, 1.807) is 24.8 Å². The van der Waals surface area contributed by atoms with Gasteiger partial charge in [0.15, 0.2) is 0 Å². The highest BCUT2D eigenvalue weighted by molar-refractivity contribution is 6.32. The van der Waals surface area contributed by atoms with E-state index in [9.17, 15) is 0 Å². The minimum Gasteiger partial charge on any atom is -0.423 e. The number of ether oxygens (including phenoxy) is 1. The lowest BCUT2D eigenvalue weighted by atomic mass is 10.2. The number of imidazole rings is 1. The number of aromatic nitrogens is 4. The van der Waals surface area contributed by atoms with Gasteiger partial charge in [-0.3, -0.25) is 0 Å². The van der Waals surface area contributed by atoms with Gasteiger partial charge in [0.1, 0.15) is 5.75 Å². The summed E-state index contributed by atoms with van der Waals surface area (Å²) in [6.07, 6.45) is 6.81. The summed E-state index contributed by atoms with van der Waals surface area (Å²) >= 11 is 6.38. The maximum Gasteiger partial charge on any atom is 0.321 e. The van der Waals surface area contributed by atoms with Crippen LogP contribution in [0.1, 0.15) is 19.5 Å². The van der Waals surface area contributed by atoms with Gasteiger partial charge in [-0.2, -0.15) is 0 Å². The third-order valence-electron chi connectivity index (χ3n) is 3.50. The van der Waals surface area contributed by atoms with Crippen molar-refractivity contribution in [3.63, 3.8) is 0 Å². The summed E-state index contributed by atoms with van der Waals surface area (Å²) in [5, 5.41) is 0.507. The van der Waals surface area contributed by atoms with Gasteiger partial charge in [-0.25, -0.2) is 15.0 Å². The quantitative estimate of drug-likeness (QED) is 0.731. The molecule has 3 aromatic rings. The molecule has 1 aromatic carbocycles. The van der Waals surface area contributed by atoms with Crippen molar-refractivity contribution in [1.82, 2.24) is 19.9 Å². The number of hydrogen-bond donors (Lipinski definition) is 1. The number of H-pyrrole nitrogens is 1. The summed E-state index contributed by atoms with van der Waals surface area (Å²) in [6.45, 7) is 4.95. The summed E-state index contributed by atoms with van der Waals surface area (Å²) < 4.78 is 5.62.